The van der Waals surface area contributed by atoms with Gasteiger partial charge >= 0.3 is 0 Å². The van der Waals surface area contributed by atoms with Gasteiger partial charge in [-0.15, -0.1) is 0 Å². The summed E-state index contributed by atoms with van der Waals surface area (Å²) in [6.45, 7) is 8.42. The number of carbonyl (C=O) groups excluding carboxylic acids is 1. The Kier molecular flexibility index (Phi) is 5.85. The molecule has 0 aliphatic carbocycles. The Hall–Kier alpha value is -1.36. The first-order valence-electron chi connectivity index (χ1n) is 6.58. The first kappa shape index (κ1) is 14.7. The Morgan fingerprint density at radius 3 is 2.67 bits per heavy atom. The normalized spacial score (nSPS) is 10.7. The highest BCUT2D eigenvalue weighted by molar-refractivity contribution is 5.96. The number of aryl methyl sites for hydroxylation is 2. The molecule has 1 aromatic heterocycles. The van der Waals surface area contributed by atoms with E-state index in [1.807, 2.05) is 25.6 Å². The predicted molar refractivity (Wildman–Crippen MR) is 72.9 cm³/mol. The van der Waals surface area contributed by atoms with Crippen molar-refractivity contribution >= 4 is 5.91 Å². The number of rotatable bonds is 7. The summed E-state index contributed by atoms with van der Waals surface area (Å²) in [6, 6.07) is 0. The van der Waals surface area contributed by atoms with Crippen LogP contribution in [-0.2, 0) is 6.54 Å². The third kappa shape index (κ3) is 3.57. The summed E-state index contributed by atoms with van der Waals surface area (Å²) in [5.41, 5.74) is 2.50. The lowest BCUT2D eigenvalue weighted by Crippen LogP contribution is -2.27. The molecule has 5 nitrogen and oxygen atoms in total. The van der Waals surface area contributed by atoms with Gasteiger partial charge in [-0.1, -0.05) is 6.92 Å². The smallest absolute Gasteiger partial charge is 0.255 e. The van der Waals surface area contributed by atoms with E-state index in [9.17, 15) is 4.79 Å². The van der Waals surface area contributed by atoms with Gasteiger partial charge in [0.25, 0.3) is 5.91 Å². The lowest BCUT2D eigenvalue weighted by molar-refractivity contribution is 0.0952. The van der Waals surface area contributed by atoms with Gasteiger partial charge in [0.05, 0.1) is 11.3 Å². The van der Waals surface area contributed by atoms with Crippen molar-refractivity contribution in [1.82, 2.24) is 20.4 Å². The molecule has 0 unspecified atom stereocenters. The van der Waals surface area contributed by atoms with Crippen LogP contribution in [0.4, 0.5) is 0 Å². The van der Waals surface area contributed by atoms with Gasteiger partial charge in [0.15, 0.2) is 0 Å². The summed E-state index contributed by atoms with van der Waals surface area (Å²) < 4.78 is 1.91. The molecule has 0 saturated heterocycles. The Labute approximate surface area is 109 Å². The summed E-state index contributed by atoms with van der Waals surface area (Å²) in [7, 11) is 1.91. The molecule has 2 N–H and O–H groups in total. The summed E-state index contributed by atoms with van der Waals surface area (Å²) >= 11 is 0. The predicted octanol–water partition coefficient (Wildman–Crippen LogP) is 1.25. The molecule has 1 amide bonds. The van der Waals surface area contributed by atoms with Crippen LogP contribution >= 0.6 is 0 Å². The quantitative estimate of drug-likeness (QED) is 0.718. The van der Waals surface area contributed by atoms with Gasteiger partial charge in [0.1, 0.15) is 0 Å². The van der Waals surface area contributed by atoms with Gasteiger partial charge in [0.2, 0.25) is 0 Å². The zero-order valence-corrected chi connectivity index (χ0v) is 11.8. The monoisotopic (exact) mass is 252 g/mol. The fourth-order valence-corrected chi connectivity index (χ4v) is 2.01. The molecule has 0 fully saturated rings. The van der Waals surface area contributed by atoms with Crippen molar-refractivity contribution in [2.75, 3.05) is 20.1 Å². The van der Waals surface area contributed by atoms with Crippen molar-refractivity contribution in [3.63, 3.8) is 0 Å². The van der Waals surface area contributed by atoms with Gasteiger partial charge in [0, 0.05) is 18.8 Å². The van der Waals surface area contributed by atoms with E-state index in [0.29, 0.717) is 6.54 Å². The molecule has 0 saturated carbocycles. The number of hydrogen-bond donors (Lipinski definition) is 2. The summed E-state index contributed by atoms with van der Waals surface area (Å²) in [5, 5.41) is 10.4. The minimum Gasteiger partial charge on any atom is -0.352 e. The van der Waals surface area contributed by atoms with E-state index < -0.39 is 0 Å². The molecule has 0 bridgehead atoms. The molecular weight excluding hydrogens is 228 g/mol. The van der Waals surface area contributed by atoms with E-state index in [4.69, 9.17) is 0 Å². The number of amides is 1. The lowest BCUT2D eigenvalue weighted by atomic mass is 10.2. The maximum atomic E-state index is 12.1. The Bertz CT molecular complexity index is 398. The maximum absolute atomic E-state index is 12.1. The SMILES string of the molecule is CCCn1nc(C)c(C(=O)NCCCNC)c1C. The van der Waals surface area contributed by atoms with Crippen LogP contribution in [0.15, 0.2) is 0 Å². The fourth-order valence-electron chi connectivity index (χ4n) is 2.01. The van der Waals surface area contributed by atoms with Gasteiger partial charge in [-0.2, -0.15) is 5.10 Å². The van der Waals surface area contributed by atoms with Gasteiger partial charge in [-0.05, 0) is 40.3 Å². The highest BCUT2D eigenvalue weighted by Gasteiger charge is 2.17. The highest BCUT2D eigenvalue weighted by atomic mass is 16.1. The second kappa shape index (κ2) is 7.16. The molecule has 0 aromatic carbocycles. The Balaban J connectivity index is 2.67. The van der Waals surface area contributed by atoms with E-state index in [1.54, 1.807) is 0 Å². The van der Waals surface area contributed by atoms with E-state index >= 15 is 0 Å². The van der Waals surface area contributed by atoms with Crippen LogP contribution in [0.1, 0.15) is 41.5 Å². The number of nitrogens with zero attached hydrogens (tertiary/aromatic N) is 2. The topological polar surface area (TPSA) is 59.0 Å². The number of nitrogens with one attached hydrogen (secondary N) is 2. The molecule has 1 aromatic rings. The molecule has 0 aliphatic rings. The molecule has 102 valence electrons. The summed E-state index contributed by atoms with van der Waals surface area (Å²) in [5.74, 6) is -0.0107. The average Bonchev–Trinajstić information content (AvgIpc) is 2.61. The molecular formula is C13H24N4O. The van der Waals surface area contributed by atoms with Crippen LogP contribution in [0.2, 0.25) is 0 Å². The zero-order chi connectivity index (χ0) is 13.5. The third-order valence-electron chi connectivity index (χ3n) is 2.93. The minimum atomic E-state index is -0.0107. The molecule has 0 radical (unpaired) electrons. The number of hydrogen-bond acceptors (Lipinski definition) is 3. The standard InChI is InChI=1S/C13H24N4O/c1-5-9-17-11(3)12(10(2)16-17)13(18)15-8-6-7-14-4/h14H,5-9H2,1-4H3,(H,15,18). The number of aromatic nitrogens is 2. The highest BCUT2D eigenvalue weighted by Crippen LogP contribution is 2.13. The van der Waals surface area contributed by atoms with Crippen molar-refractivity contribution in [1.29, 1.82) is 0 Å². The van der Waals surface area contributed by atoms with E-state index in [-0.39, 0.29) is 5.91 Å². The average molecular weight is 252 g/mol. The Morgan fingerprint density at radius 1 is 1.33 bits per heavy atom. The molecule has 0 spiro atoms. The molecule has 1 rings (SSSR count). The van der Waals surface area contributed by atoms with E-state index in [0.717, 1.165) is 42.9 Å². The first-order chi connectivity index (χ1) is 8.61. The van der Waals surface area contributed by atoms with Crippen LogP contribution in [0.3, 0.4) is 0 Å². The second-order valence-electron chi connectivity index (χ2n) is 4.48. The summed E-state index contributed by atoms with van der Waals surface area (Å²) in [4.78, 5) is 12.1. The maximum Gasteiger partial charge on any atom is 0.255 e. The molecule has 1 heterocycles. The first-order valence-corrected chi connectivity index (χ1v) is 6.58. The van der Waals surface area contributed by atoms with Gasteiger partial charge < -0.3 is 10.6 Å². The summed E-state index contributed by atoms with van der Waals surface area (Å²) in [6.07, 6.45) is 1.95. The lowest BCUT2D eigenvalue weighted by Gasteiger charge is -2.06. The number of carbonyl (C=O) groups is 1. The van der Waals surface area contributed by atoms with Gasteiger partial charge in [-0.25, -0.2) is 0 Å². The van der Waals surface area contributed by atoms with Crippen molar-refractivity contribution in [3.8, 4) is 0 Å². The van der Waals surface area contributed by atoms with E-state index in [1.165, 1.54) is 0 Å². The molecule has 5 heteroatoms. The Morgan fingerprint density at radius 2 is 2.06 bits per heavy atom. The molecule has 18 heavy (non-hydrogen) atoms. The zero-order valence-electron chi connectivity index (χ0n) is 11.8. The van der Waals surface area contributed by atoms with Crippen molar-refractivity contribution in [2.45, 2.75) is 40.2 Å². The molecule has 0 aliphatic heterocycles. The van der Waals surface area contributed by atoms with E-state index in [2.05, 4.69) is 22.7 Å². The fraction of sp³-hybridized carbons (Fsp3) is 0.692. The van der Waals surface area contributed by atoms with Crippen LogP contribution in [-0.4, -0.2) is 35.8 Å². The van der Waals surface area contributed by atoms with Crippen molar-refractivity contribution in [2.24, 2.45) is 0 Å². The second-order valence-corrected chi connectivity index (χ2v) is 4.48. The van der Waals surface area contributed by atoms with Crippen LogP contribution in [0, 0.1) is 13.8 Å². The largest absolute Gasteiger partial charge is 0.352 e. The van der Waals surface area contributed by atoms with Crippen LogP contribution < -0.4 is 10.6 Å². The van der Waals surface area contributed by atoms with Crippen molar-refractivity contribution in [3.05, 3.63) is 17.0 Å². The minimum absolute atomic E-state index is 0.0107. The van der Waals surface area contributed by atoms with Crippen LogP contribution in [0.25, 0.3) is 0 Å². The third-order valence-corrected chi connectivity index (χ3v) is 2.93. The van der Waals surface area contributed by atoms with Crippen LogP contribution in [0.5, 0.6) is 0 Å². The van der Waals surface area contributed by atoms with Crippen molar-refractivity contribution < 1.29 is 4.79 Å². The molecule has 0 atom stereocenters. The van der Waals surface area contributed by atoms with Gasteiger partial charge in [-0.3, -0.25) is 9.48 Å².